The number of carboxylic acids is 1. The van der Waals surface area contributed by atoms with Gasteiger partial charge in [0.25, 0.3) is 0 Å². The number of anilines is 3. The molecule has 2 saturated heterocycles. The molecular weight excluding hydrogens is 390 g/mol. The van der Waals surface area contributed by atoms with Gasteiger partial charge < -0.3 is 24.4 Å². The average Bonchev–Trinajstić information content (AvgIpc) is 2.80. The minimum atomic E-state index is -0.965. The maximum Gasteiger partial charge on any atom is 0.335 e. The molecule has 2 fully saturated rings. The van der Waals surface area contributed by atoms with E-state index in [4.69, 9.17) is 14.6 Å². The van der Waals surface area contributed by atoms with Crippen LogP contribution in [0.15, 0.2) is 29.4 Å². The predicted octanol–water partition coefficient (Wildman–Crippen LogP) is 0.689. The van der Waals surface area contributed by atoms with E-state index in [0.717, 1.165) is 5.56 Å². The Balaban J connectivity index is 1.52. The summed E-state index contributed by atoms with van der Waals surface area (Å²) in [6.07, 6.45) is 1.58. The third-order valence-electron chi connectivity index (χ3n) is 4.74. The third kappa shape index (κ3) is 4.99. The lowest BCUT2D eigenvalue weighted by Gasteiger charge is -2.30. The van der Waals surface area contributed by atoms with Crippen LogP contribution < -0.4 is 15.2 Å². The highest BCUT2D eigenvalue weighted by Gasteiger charge is 2.20. The summed E-state index contributed by atoms with van der Waals surface area (Å²) in [5.74, 6) is 0.538. The molecule has 0 bridgehead atoms. The first-order valence-corrected chi connectivity index (χ1v) is 9.73. The second kappa shape index (κ2) is 9.46. The number of nitrogens with zero attached hydrogens (tertiary/aromatic N) is 6. The maximum atomic E-state index is 10.9. The van der Waals surface area contributed by atoms with Gasteiger partial charge in [-0.15, -0.1) is 0 Å². The van der Waals surface area contributed by atoms with Gasteiger partial charge in [0.05, 0.1) is 38.2 Å². The summed E-state index contributed by atoms with van der Waals surface area (Å²) in [6, 6.07) is 6.42. The second-order valence-corrected chi connectivity index (χ2v) is 6.76. The summed E-state index contributed by atoms with van der Waals surface area (Å²) in [6.45, 7) is 5.38. The topological polar surface area (TPSA) is 125 Å². The number of carbonyl (C=O) groups is 1. The van der Waals surface area contributed by atoms with Crippen LogP contribution >= 0.6 is 0 Å². The van der Waals surface area contributed by atoms with E-state index < -0.39 is 5.97 Å². The van der Waals surface area contributed by atoms with Crippen LogP contribution in [-0.2, 0) is 9.47 Å². The monoisotopic (exact) mass is 413 g/mol. The van der Waals surface area contributed by atoms with E-state index in [0.29, 0.717) is 70.5 Å². The maximum absolute atomic E-state index is 10.9. The first kappa shape index (κ1) is 20.0. The van der Waals surface area contributed by atoms with Gasteiger partial charge in [-0.1, -0.05) is 12.1 Å². The number of ether oxygens (including phenoxy) is 2. The van der Waals surface area contributed by atoms with E-state index in [1.807, 2.05) is 0 Å². The first-order chi connectivity index (χ1) is 14.7. The van der Waals surface area contributed by atoms with Gasteiger partial charge in [-0.25, -0.2) is 10.2 Å². The van der Waals surface area contributed by atoms with E-state index >= 15 is 0 Å². The molecule has 11 heteroatoms. The molecular formula is C19H23N7O4. The number of nitrogens with one attached hydrogen (secondary N) is 1. The average molecular weight is 413 g/mol. The smallest absolute Gasteiger partial charge is 0.335 e. The Morgan fingerprint density at radius 3 is 1.97 bits per heavy atom. The molecule has 11 nitrogen and oxygen atoms in total. The fourth-order valence-electron chi connectivity index (χ4n) is 3.09. The van der Waals surface area contributed by atoms with Crippen molar-refractivity contribution in [2.75, 3.05) is 67.8 Å². The van der Waals surface area contributed by atoms with Crippen molar-refractivity contribution in [3.63, 3.8) is 0 Å². The summed E-state index contributed by atoms with van der Waals surface area (Å²) in [7, 11) is 0. The molecule has 0 amide bonds. The van der Waals surface area contributed by atoms with E-state index in [-0.39, 0.29) is 5.56 Å². The Morgan fingerprint density at radius 1 is 0.933 bits per heavy atom. The first-order valence-electron chi connectivity index (χ1n) is 9.73. The molecule has 2 N–H and O–H groups in total. The molecule has 30 heavy (non-hydrogen) atoms. The molecule has 158 valence electrons. The van der Waals surface area contributed by atoms with Crippen LogP contribution in [0.1, 0.15) is 15.9 Å². The van der Waals surface area contributed by atoms with Gasteiger partial charge >= 0.3 is 5.97 Å². The van der Waals surface area contributed by atoms with E-state index in [2.05, 4.69) is 35.3 Å². The van der Waals surface area contributed by atoms with Crippen LogP contribution in [0.2, 0.25) is 0 Å². The zero-order valence-corrected chi connectivity index (χ0v) is 16.4. The number of hydrogen-bond donors (Lipinski definition) is 2. The molecule has 2 aromatic rings. The van der Waals surface area contributed by atoms with Crippen LogP contribution in [0.3, 0.4) is 0 Å². The molecule has 1 aromatic carbocycles. The van der Waals surface area contributed by atoms with Gasteiger partial charge in [-0.2, -0.15) is 20.1 Å². The van der Waals surface area contributed by atoms with Gasteiger partial charge in [0.2, 0.25) is 17.8 Å². The van der Waals surface area contributed by atoms with Gasteiger partial charge in [-0.3, -0.25) is 0 Å². The fourth-order valence-corrected chi connectivity index (χ4v) is 3.09. The Labute approximate surface area is 173 Å². The largest absolute Gasteiger partial charge is 0.478 e. The fraction of sp³-hybridized carbons (Fsp3) is 0.421. The number of hydrogen-bond acceptors (Lipinski definition) is 10. The molecule has 2 aliphatic rings. The highest BCUT2D eigenvalue weighted by atomic mass is 16.5. The van der Waals surface area contributed by atoms with Crippen LogP contribution in [0.25, 0.3) is 0 Å². The number of aromatic nitrogens is 3. The molecule has 0 atom stereocenters. The van der Waals surface area contributed by atoms with Crippen molar-refractivity contribution in [1.29, 1.82) is 0 Å². The summed E-state index contributed by atoms with van der Waals surface area (Å²) in [5, 5.41) is 13.2. The molecule has 4 rings (SSSR count). The van der Waals surface area contributed by atoms with Gasteiger partial charge in [0, 0.05) is 26.2 Å². The lowest BCUT2D eigenvalue weighted by Crippen LogP contribution is -2.40. The van der Waals surface area contributed by atoms with Crippen molar-refractivity contribution < 1.29 is 19.4 Å². The summed E-state index contributed by atoms with van der Waals surface area (Å²) < 4.78 is 10.8. The standard InChI is InChI=1S/C19H23N7O4/c27-16(28)15-3-1-14(2-4-15)13-20-24-17-21-18(25-5-9-29-10-6-25)23-19(22-17)26-7-11-30-12-8-26/h1-4,13H,5-12H2,(H,27,28)(H,21,22,23,24)/b20-13+. The number of carboxylic acid groups (broad SMARTS) is 1. The van der Waals surface area contributed by atoms with Crippen molar-refractivity contribution in [2.24, 2.45) is 5.10 Å². The Kier molecular flexibility index (Phi) is 6.30. The molecule has 0 aliphatic carbocycles. The van der Waals surface area contributed by atoms with Crippen LogP contribution in [0.5, 0.6) is 0 Å². The Hall–Kier alpha value is -3.31. The normalized spacial score (nSPS) is 17.3. The number of hydrazone groups is 1. The van der Waals surface area contributed by atoms with Crippen molar-refractivity contribution >= 4 is 30.0 Å². The number of aromatic carboxylic acids is 1. The number of benzene rings is 1. The quantitative estimate of drug-likeness (QED) is 0.516. The van der Waals surface area contributed by atoms with E-state index in [1.54, 1.807) is 18.3 Å². The summed E-state index contributed by atoms with van der Waals surface area (Å²) in [5.41, 5.74) is 3.84. The zero-order valence-electron chi connectivity index (χ0n) is 16.4. The molecule has 0 spiro atoms. The van der Waals surface area contributed by atoms with Crippen molar-refractivity contribution in [2.45, 2.75) is 0 Å². The van der Waals surface area contributed by atoms with E-state index in [1.165, 1.54) is 12.1 Å². The lowest BCUT2D eigenvalue weighted by atomic mass is 10.1. The van der Waals surface area contributed by atoms with Gasteiger partial charge in [0.15, 0.2) is 0 Å². The lowest BCUT2D eigenvalue weighted by molar-refractivity contribution is 0.0697. The number of rotatable bonds is 6. The Morgan fingerprint density at radius 2 is 1.47 bits per heavy atom. The van der Waals surface area contributed by atoms with Crippen LogP contribution in [0.4, 0.5) is 17.8 Å². The van der Waals surface area contributed by atoms with Crippen molar-refractivity contribution in [3.05, 3.63) is 35.4 Å². The zero-order chi connectivity index (χ0) is 20.8. The van der Waals surface area contributed by atoms with Gasteiger partial charge in [0.1, 0.15) is 0 Å². The predicted molar refractivity (Wildman–Crippen MR) is 111 cm³/mol. The minimum absolute atomic E-state index is 0.225. The van der Waals surface area contributed by atoms with E-state index in [9.17, 15) is 4.79 Å². The minimum Gasteiger partial charge on any atom is -0.478 e. The van der Waals surface area contributed by atoms with Crippen LogP contribution in [0, 0.1) is 0 Å². The second-order valence-electron chi connectivity index (χ2n) is 6.76. The SMILES string of the molecule is O=C(O)c1ccc(/C=N/Nc2nc(N3CCOCC3)nc(N3CCOCC3)n2)cc1. The van der Waals surface area contributed by atoms with Crippen LogP contribution in [-0.4, -0.2) is 84.8 Å². The summed E-state index contributed by atoms with van der Waals surface area (Å²) >= 11 is 0. The van der Waals surface area contributed by atoms with Crippen molar-refractivity contribution in [1.82, 2.24) is 15.0 Å². The highest BCUT2D eigenvalue weighted by molar-refractivity contribution is 5.89. The van der Waals surface area contributed by atoms with Crippen molar-refractivity contribution in [3.8, 4) is 0 Å². The molecule has 1 aromatic heterocycles. The third-order valence-corrected chi connectivity index (χ3v) is 4.74. The highest BCUT2D eigenvalue weighted by Crippen LogP contribution is 2.18. The Bertz CT molecular complexity index is 858. The number of morpholine rings is 2. The van der Waals surface area contributed by atoms with Gasteiger partial charge in [-0.05, 0) is 17.7 Å². The molecule has 0 unspecified atom stereocenters. The summed E-state index contributed by atoms with van der Waals surface area (Å²) in [4.78, 5) is 28.7. The molecule has 0 saturated carbocycles. The molecule has 3 heterocycles. The molecule has 0 radical (unpaired) electrons. The molecule has 2 aliphatic heterocycles.